The molecule has 0 aromatic rings. The van der Waals surface area contributed by atoms with E-state index in [1.54, 1.807) is 0 Å². The van der Waals surface area contributed by atoms with E-state index in [4.69, 9.17) is 0 Å². The Morgan fingerprint density at radius 1 is 0.765 bits per heavy atom. The summed E-state index contributed by atoms with van der Waals surface area (Å²) in [5.41, 5.74) is -6.52. The van der Waals surface area contributed by atoms with Gasteiger partial charge in [0.15, 0.2) is 0 Å². The third-order valence-electron chi connectivity index (χ3n) is 1.43. The van der Waals surface area contributed by atoms with Crippen LogP contribution in [0.15, 0.2) is 0 Å². The number of halogens is 10. The van der Waals surface area contributed by atoms with Crippen molar-refractivity contribution in [3.63, 3.8) is 0 Å². The molecule has 0 spiro atoms. The van der Waals surface area contributed by atoms with E-state index in [0.29, 0.717) is 0 Å². The lowest BCUT2D eigenvalue weighted by Gasteiger charge is -2.36. The van der Waals surface area contributed by atoms with Crippen LogP contribution in [0, 0.1) is 0 Å². The van der Waals surface area contributed by atoms with Crippen LogP contribution in [0.3, 0.4) is 0 Å². The van der Waals surface area contributed by atoms with Crippen LogP contribution in [-0.4, -0.2) is 28.1 Å². The average Bonchev–Trinajstić information content (AvgIpc) is 1.91. The van der Waals surface area contributed by atoms with Crippen molar-refractivity contribution in [2.75, 3.05) is 0 Å². The van der Waals surface area contributed by atoms with Gasteiger partial charge in [0.25, 0.3) is 0 Å². The van der Waals surface area contributed by atoms with Crippen LogP contribution in [0.1, 0.15) is 0 Å². The van der Waals surface area contributed by atoms with Gasteiger partial charge in [-0.1, -0.05) is 0 Å². The summed E-state index contributed by atoms with van der Waals surface area (Å²) in [5.74, 6) is 0. The van der Waals surface area contributed by atoms with E-state index in [9.17, 15) is 44.3 Å². The molecule has 0 rings (SSSR count). The van der Waals surface area contributed by atoms with Crippen LogP contribution < -0.4 is 0 Å². The van der Waals surface area contributed by atoms with Gasteiger partial charge in [-0.3, -0.25) is 0 Å². The predicted octanol–water partition coefficient (Wildman–Crippen LogP) is 3.98. The topological polar surface area (TPSA) is 26.3 Å². The molecule has 0 aromatic heterocycles. The van der Waals surface area contributed by atoms with Crippen molar-refractivity contribution in [3.8, 4) is 0 Å². The monoisotopic (exact) mass is 390 g/mol. The molecule has 0 unspecified atom stereocenters. The quantitative estimate of drug-likeness (QED) is 0.385. The van der Waals surface area contributed by atoms with Crippen LogP contribution in [0.4, 0.5) is 44.3 Å². The minimum Gasteiger partial charge on any atom is -0.424 e. The summed E-state index contributed by atoms with van der Waals surface area (Å²) in [6.45, 7) is 0. The van der Waals surface area contributed by atoms with Crippen molar-refractivity contribution in [2.24, 2.45) is 0 Å². The fourth-order valence-electron chi connectivity index (χ4n) is 0.776. The standard InChI is InChI=1S/C5F9IO2/c6-3(7,8)2(4(9,10)11,5(12,13)14)17-1(15)16. The van der Waals surface area contributed by atoms with E-state index in [-0.39, 0.29) is 22.6 Å². The van der Waals surface area contributed by atoms with Gasteiger partial charge in [0, 0.05) is 0 Å². The van der Waals surface area contributed by atoms with Crippen molar-refractivity contribution in [3.05, 3.63) is 0 Å². The van der Waals surface area contributed by atoms with E-state index < -0.39 is 28.1 Å². The van der Waals surface area contributed by atoms with E-state index >= 15 is 0 Å². The van der Waals surface area contributed by atoms with Crippen molar-refractivity contribution >= 4 is 26.6 Å². The second-order valence-corrected chi connectivity index (χ2v) is 3.39. The number of hydrogen-bond acceptors (Lipinski definition) is 2. The summed E-state index contributed by atoms with van der Waals surface area (Å²) in [4.78, 5) is 10.1. The largest absolute Gasteiger partial charge is 0.447 e. The highest BCUT2D eigenvalue weighted by atomic mass is 127. The lowest BCUT2D eigenvalue weighted by atomic mass is 10.0. The third kappa shape index (κ3) is 2.88. The zero-order valence-corrected chi connectivity index (χ0v) is 9.25. The fraction of sp³-hybridized carbons (Fsp3) is 0.800. The summed E-state index contributed by atoms with van der Waals surface area (Å²) in [6.07, 6.45) is -20.7. The molecule has 0 saturated carbocycles. The summed E-state index contributed by atoms with van der Waals surface area (Å²) >= 11 is 0.227. The van der Waals surface area contributed by atoms with Crippen LogP contribution in [0.2, 0.25) is 0 Å². The minimum absolute atomic E-state index is 0.227. The average molecular weight is 390 g/mol. The normalized spacial score (nSPS) is 14.7. The van der Waals surface area contributed by atoms with Crippen LogP contribution in [0.5, 0.6) is 0 Å². The Labute approximate surface area is 100 Å². The molecule has 0 saturated heterocycles. The SMILES string of the molecule is O=C(I)OC(C(F)(F)F)(C(F)(F)F)C(F)(F)F. The Hall–Kier alpha value is -0.430. The first-order valence-electron chi connectivity index (χ1n) is 3.25. The molecule has 0 heterocycles. The Bertz CT molecular complexity index is 264. The lowest BCUT2D eigenvalue weighted by Crippen LogP contribution is -2.68. The molecule has 12 heteroatoms. The Balaban J connectivity index is 6.02. The highest BCUT2D eigenvalue weighted by Gasteiger charge is 2.87. The van der Waals surface area contributed by atoms with Gasteiger partial charge in [0.1, 0.15) is 0 Å². The molecule has 0 radical (unpaired) electrons. The van der Waals surface area contributed by atoms with Gasteiger partial charge in [0.2, 0.25) is 0 Å². The minimum atomic E-state index is -6.88. The molecule has 0 aromatic carbocycles. The second-order valence-electron chi connectivity index (χ2n) is 2.51. The Kier molecular flexibility index (Phi) is 4.24. The smallest absolute Gasteiger partial charge is 0.424 e. The maximum Gasteiger partial charge on any atom is 0.447 e. The number of ether oxygens (including phenoxy) is 1. The van der Waals surface area contributed by atoms with Gasteiger partial charge in [-0.05, 0) is 0 Å². The maximum atomic E-state index is 12.0. The molecule has 0 fully saturated rings. The van der Waals surface area contributed by atoms with Gasteiger partial charge >= 0.3 is 28.1 Å². The van der Waals surface area contributed by atoms with Gasteiger partial charge < -0.3 is 4.74 Å². The molecular weight excluding hydrogens is 390 g/mol. The van der Waals surface area contributed by atoms with Gasteiger partial charge in [-0.25, -0.2) is 4.79 Å². The first kappa shape index (κ1) is 16.6. The third-order valence-corrected chi connectivity index (χ3v) is 1.65. The van der Waals surface area contributed by atoms with Crippen LogP contribution in [0.25, 0.3) is 0 Å². The van der Waals surface area contributed by atoms with E-state index in [1.807, 2.05) is 0 Å². The van der Waals surface area contributed by atoms with Crippen molar-refractivity contribution < 1.29 is 49.0 Å². The van der Waals surface area contributed by atoms with Gasteiger partial charge in [0.05, 0.1) is 22.6 Å². The highest BCUT2D eigenvalue weighted by molar-refractivity contribution is 14.1. The number of carbonyl (C=O) groups excluding carboxylic acids is 1. The molecule has 0 aliphatic heterocycles. The first-order chi connectivity index (χ1) is 7.17. The molecule has 0 aliphatic rings. The summed E-state index contributed by atoms with van der Waals surface area (Å²) < 4.78 is 108. The zero-order valence-electron chi connectivity index (χ0n) is 7.10. The fourth-order valence-corrected chi connectivity index (χ4v) is 1.11. The second kappa shape index (κ2) is 4.35. The molecule has 102 valence electrons. The zero-order chi connectivity index (χ0) is 14.3. The lowest BCUT2D eigenvalue weighted by molar-refractivity contribution is -0.441. The molecular formula is C5F9IO2. The highest BCUT2D eigenvalue weighted by Crippen LogP contribution is 2.55. The van der Waals surface area contributed by atoms with Crippen molar-refractivity contribution in [2.45, 2.75) is 24.1 Å². The molecule has 0 atom stereocenters. The Morgan fingerprint density at radius 2 is 1.00 bits per heavy atom. The maximum absolute atomic E-state index is 12.0. The number of rotatable bonds is 1. The van der Waals surface area contributed by atoms with Gasteiger partial charge in [-0.15, -0.1) is 0 Å². The van der Waals surface area contributed by atoms with E-state index in [2.05, 4.69) is 4.74 Å². The molecule has 0 N–H and O–H groups in total. The van der Waals surface area contributed by atoms with Gasteiger partial charge in [-0.2, -0.15) is 39.5 Å². The number of hydrogen-bond donors (Lipinski definition) is 0. The van der Waals surface area contributed by atoms with E-state index in [0.717, 1.165) is 0 Å². The molecule has 0 amide bonds. The molecule has 0 bridgehead atoms. The predicted molar refractivity (Wildman–Crippen MR) is 41.4 cm³/mol. The van der Waals surface area contributed by atoms with Crippen molar-refractivity contribution in [1.82, 2.24) is 0 Å². The van der Waals surface area contributed by atoms with Crippen LogP contribution >= 0.6 is 22.6 Å². The van der Waals surface area contributed by atoms with E-state index in [1.165, 1.54) is 0 Å². The molecule has 2 nitrogen and oxygen atoms in total. The first-order valence-corrected chi connectivity index (χ1v) is 4.33. The van der Waals surface area contributed by atoms with Crippen LogP contribution in [-0.2, 0) is 4.74 Å². The summed E-state index contributed by atoms with van der Waals surface area (Å²) in [5, 5.41) is 0. The van der Waals surface area contributed by atoms with Crippen molar-refractivity contribution in [1.29, 1.82) is 0 Å². The Morgan fingerprint density at radius 3 is 1.06 bits per heavy atom. The number of carbonyl (C=O) groups is 1. The summed E-state index contributed by atoms with van der Waals surface area (Å²) in [7, 11) is 0. The molecule has 0 aliphatic carbocycles. The summed E-state index contributed by atoms with van der Waals surface area (Å²) in [6, 6.07) is 0. The molecule has 17 heavy (non-hydrogen) atoms. The number of alkyl halides is 9.